The molecule has 0 unspecified atom stereocenters. The molecule has 2 aromatic heterocycles. The average Bonchev–Trinajstić information content (AvgIpc) is 3.38. The number of hydrogen-bond acceptors (Lipinski definition) is 2. The van der Waals surface area contributed by atoms with Crippen LogP contribution in [0.25, 0.3) is 22.4 Å². The van der Waals surface area contributed by atoms with Crippen LogP contribution >= 0.6 is 0 Å². The Morgan fingerprint density at radius 3 is 2.41 bits per heavy atom. The summed E-state index contributed by atoms with van der Waals surface area (Å²) in [5.74, 6) is 0.704. The summed E-state index contributed by atoms with van der Waals surface area (Å²) >= 11 is 0. The van der Waals surface area contributed by atoms with E-state index in [1.165, 1.54) is 29.0 Å². The Kier molecular flexibility index (Phi) is 5.35. The largest absolute Gasteiger partial charge is 0.345 e. The summed E-state index contributed by atoms with van der Waals surface area (Å²) < 4.78 is 13.1. The predicted molar refractivity (Wildman–Crippen MR) is 117 cm³/mol. The lowest BCUT2D eigenvalue weighted by Crippen LogP contribution is -2.13. The maximum atomic E-state index is 13.1. The van der Waals surface area contributed by atoms with Gasteiger partial charge in [-0.15, -0.1) is 0 Å². The third-order valence-electron chi connectivity index (χ3n) is 6.01. The molecule has 1 aromatic carbocycles. The molecular formula is C25H28FN3. The molecule has 0 bridgehead atoms. The van der Waals surface area contributed by atoms with E-state index in [2.05, 4.69) is 61.2 Å². The minimum atomic E-state index is -0.314. The highest BCUT2D eigenvalue weighted by Gasteiger charge is 2.22. The quantitative estimate of drug-likeness (QED) is 0.510. The number of benzene rings is 1. The Morgan fingerprint density at radius 1 is 1.00 bits per heavy atom. The monoisotopic (exact) mass is 389 g/mol. The van der Waals surface area contributed by atoms with Gasteiger partial charge in [-0.2, -0.15) is 0 Å². The topological polar surface area (TPSA) is 41.6 Å². The highest BCUT2D eigenvalue weighted by molar-refractivity contribution is 5.91. The van der Waals surface area contributed by atoms with Gasteiger partial charge in [-0.3, -0.25) is 4.98 Å². The van der Waals surface area contributed by atoms with E-state index in [0.717, 1.165) is 54.9 Å². The molecule has 0 aliphatic heterocycles. The number of H-pyrrole nitrogens is 1. The van der Waals surface area contributed by atoms with E-state index < -0.39 is 0 Å². The number of rotatable bonds is 6. The normalized spacial score (nSPS) is 14.6. The summed E-state index contributed by atoms with van der Waals surface area (Å²) in [5, 5.41) is 0. The van der Waals surface area contributed by atoms with E-state index in [0.29, 0.717) is 0 Å². The molecular weight excluding hydrogens is 361 g/mol. The molecule has 2 heterocycles. The van der Waals surface area contributed by atoms with Crippen LogP contribution in [-0.2, 0) is 6.42 Å². The molecule has 0 saturated heterocycles. The zero-order chi connectivity index (χ0) is 20.4. The van der Waals surface area contributed by atoms with Crippen LogP contribution in [-0.4, -0.2) is 15.0 Å². The van der Waals surface area contributed by atoms with Crippen LogP contribution in [0.3, 0.4) is 0 Å². The van der Waals surface area contributed by atoms with E-state index in [1.54, 1.807) is 6.07 Å². The number of aromatic nitrogens is 3. The van der Waals surface area contributed by atoms with Crippen LogP contribution in [0.4, 0.5) is 4.39 Å². The van der Waals surface area contributed by atoms with E-state index in [9.17, 15) is 4.39 Å². The van der Waals surface area contributed by atoms with Gasteiger partial charge in [-0.25, -0.2) is 9.37 Å². The first-order chi connectivity index (χ1) is 13.9. The Hall–Kier alpha value is -2.75. The molecule has 0 radical (unpaired) electrons. The fourth-order valence-electron chi connectivity index (χ4n) is 3.93. The van der Waals surface area contributed by atoms with Crippen LogP contribution in [0.5, 0.6) is 0 Å². The summed E-state index contributed by atoms with van der Waals surface area (Å²) in [6.45, 7) is 6.81. The van der Waals surface area contributed by atoms with E-state index in [1.807, 2.05) is 0 Å². The van der Waals surface area contributed by atoms with Gasteiger partial charge in [0.15, 0.2) is 0 Å². The lowest BCUT2D eigenvalue weighted by Gasteiger charge is -2.20. The molecule has 0 amide bonds. The van der Waals surface area contributed by atoms with Crippen molar-refractivity contribution in [3.8, 4) is 11.3 Å². The maximum absolute atomic E-state index is 13.1. The number of nitrogens with one attached hydrogen (secondary N) is 1. The van der Waals surface area contributed by atoms with Crippen molar-refractivity contribution < 1.29 is 4.39 Å². The van der Waals surface area contributed by atoms with Crippen molar-refractivity contribution in [1.29, 1.82) is 0 Å². The molecule has 150 valence electrons. The molecule has 1 aliphatic carbocycles. The first-order valence-electron chi connectivity index (χ1n) is 10.4. The van der Waals surface area contributed by atoms with Gasteiger partial charge in [0.2, 0.25) is 0 Å². The lowest BCUT2D eigenvalue weighted by atomic mass is 9.85. The molecule has 4 heteroatoms. The van der Waals surface area contributed by atoms with Gasteiger partial charge in [0.25, 0.3) is 0 Å². The summed E-state index contributed by atoms with van der Waals surface area (Å²) in [6, 6.07) is 11.6. The van der Waals surface area contributed by atoms with Gasteiger partial charge in [-0.1, -0.05) is 51.5 Å². The number of allylic oxidation sites excluding steroid dienone is 2. The van der Waals surface area contributed by atoms with Crippen molar-refractivity contribution in [1.82, 2.24) is 15.0 Å². The third kappa shape index (κ3) is 4.31. The van der Waals surface area contributed by atoms with Crippen molar-refractivity contribution in [3.63, 3.8) is 0 Å². The Bertz CT molecular complexity index is 1010. The predicted octanol–water partition coefficient (Wildman–Crippen LogP) is 6.68. The number of imidazole rings is 1. The average molecular weight is 390 g/mol. The van der Waals surface area contributed by atoms with Gasteiger partial charge in [0.1, 0.15) is 11.6 Å². The van der Waals surface area contributed by atoms with Gasteiger partial charge < -0.3 is 4.98 Å². The minimum absolute atomic E-state index is 0.267. The maximum Gasteiger partial charge on any atom is 0.141 e. The number of nitrogens with zero attached hydrogens (tertiary/aromatic N) is 2. The molecule has 29 heavy (non-hydrogen) atoms. The first kappa shape index (κ1) is 19.6. The molecule has 1 aliphatic rings. The van der Waals surface area contributed by atoms with Gasteiger partial charge in [0.05, 0.1) is 17.6 Å². The second kappa shape index (κ2) is 7.94. The van der Waals surface area contributed by atoms with E-state index in [-0.39, 0.29) is 11.2 Å². The van der Waals surface area contributed by atoms with Gasteiger partial charge >= 0.3 is 0 Å². The zero-order valence-corrected chi connectivity index (χ0v) is 17.4. The molecule has 1 N–H and O–H groups in total. The number of hydrogen-bond donors (Lipinski definition) is 1. The number of aromatic amines is 1. The van der Waals surface area contributed by atoms with Crippen LogP contribution < -0.4 is 0 Å². The highest BCUT2D eigenvalue weighted by atomic mass is 19.1. The SMILES string of the molecule is CCC(C)(C)Cc1c[nH]c(C2=C(c3ccc(-c4ccc(F)cn4)cc3)CCC2)n1. The summed E-state index contributed by atoms with van der Waals surface area (Å²) in [4.78, 5) is 12.5. The third-order valence-corrected chi connectivity index (χ3v) is 6.01. The molecule has 0 saturated carbocycles. The molecule has 3 aromatic rings. The first-order valence-corrected chi connectivity index (χ1v) is 10.4. The molecule has 0 atom stereocenters. The van der Waals surface area contributed by atoms with Crippen LogP contribution in [0.2, 0.25) is 0 Å². The second-order valence-corrected chi connectivity index (χ2v) is 8.68. The minimum Gasteiger partial charge on any atom is -0.345 e. The smallest absolute Gasteiger partial charge is 0.141 e. The van der Waals surface area contributed by atoms with E-state index in [4.69, 9.17) is 4.98 Å². The Morgan fingerprint density at radius 2 is 1.72 bits per heavy atom. The van der Waals surface area contributed by atoms with Crippen molar-refractivity contribution in [2.24, 2.45) is 5.41 Å². The van der Waals surface area contributed by atoms with Gasteiger partial charge in [0, 0.05) is 11.8 Å². The lowest BCUT2D eigenvalue weighted by molar-refractivity contribution is 0.346. The van der Waals surface area contributed by atoms with E-state index >= 15 is 0 Å². The van der Waals surface area contributed by atoms with Crippen molar-refractivity contribution in [2.75, 3.05) is 0 Å². The highest BCUT2D eigenvalue weighted by Crippen LogP contribution is 2.39. The molecule has 0 fully saturated rings. The van der Waals surface area contributed by atoms with Crippen molar-refractivity contribution in [2.45, 2.75) is 52.9 Å². The molecule has 4 rings (SSSR count). The Labute approximate surface area is 172 Å². The van der Waals surface area contributed by atoms with Crippen molar-refractivity contribution in [3.05, 3.63) is 71.7 Å². The fraction of sp³-hybridized carbons (Fsp3) is 0.360. The fourth-order valence-corrected chi connectivity index (χ4v) is 3.93. The van der Waals surface area contributed by atoms with Crippen molar-refractivity contribution >= 4 is 11.1 Å². The van der Waals surface area contributed by atoms with Gasteiger partial charge in [-0.05, 0) is 59.9 Å². The van der Waals surface area contributed by atoms with Crippen LogP contribution in [0.1, 0.15) is 63.5 Å². The van der Waals surface area contributed by atoms with Crippen LogP contribution in [0.15, 0.2) is 48.8 Å². The summed E-state index contributed by atoms with van der Waals surface area (Å²) in [6.07, 6.45) is 8.73. The molecule has 3 nitrogen and oxygen atoms in total. The zero-order valence-electron chi connectivity index (χ0n) is 17.4. The standard InChI is InChI=1S/C25H28FN3/c1-4-25(2,3)14-20-16-28-24(29-20)22-7-5-6-21(22)17-8-10-18(11-9-17)23-13-12-19(26)15-27-23/h8-13,15-16H,4-7,14H2,1-3H3,(H,28,29). The molecule has 0 spiro atoms. The Balaban J connectivity index is 1.59. The number of halogens is 1. The summed E-state index contributed by atoms with van der Waals surface area (Å²) in [5.41, 5.74) is 7.13. The van der Waals surface area contributed by atoms with Crippen LogP contribution in [0, 0.1) is 11.2 Å². The number of pyridine rings is 1. The summed E-state index contributed by atoms with van der Waals surface area (Å²) in [7, 11) is 0. The second-order valence-electron chi connectivity index (χ2n) is 8.68.